The molecule has 1 aromatic rings. The van der Waals surface area contributed by atoms with Crippen LogP contribution in [0.25, 0.3) is 0 Å². The van der Waals surface area contributed by atoms with Gasteiger partial charge in [0.25, 0.3) is 0 Å². The monoisotopic (exact) mass is 205 g/mol. The molecule has 0 spiro atoms. The molecule has 1 fully saturated rings. The zero-order valence-electron chi connectivity index (χ0n) is 8.09. The molecule has 0 bridgehead atoms. The molecule has 1 N–H and O–H groups in total. The molecule has 1 atom stereocenters. The van der Waals surface area contributed by atoms with E-state index in [1.807, 2.05) is 30.3 Å². The van der Waals surface area contributed by atoms with Gasteiger partial charge in [-0.15, -0.1) is 0 Å². The summed E-state index contributed by atoms with van der Waals surface area (Å²) in [5.74, 6) is -1.02. The summed E-state index contributed by atoms with van der Waals surface area (Å²) in [7, 11) is 0. The molecule has 0 unspecified atom stereocenters. The van der Waals surface area contributed by atoms with Crippen LogP contribution in [0.3, 0.4) is 0 Å². The third-order valence-electron chi connectivity index (χ3n) is 2.55. The zero-order valence-corrected chi connectivity index (χ0v) is 8.09. The number of likely N-dealkylation sites (tertiary alicyclic amines) is 1. The highest BCUT2D eigenvalue weighted by molar-refractivity contribution is 5.94. The van der Waals surface area contributed by atoms with Gasteiger partial charge in [-0.25, -0.2) is 4.79 Å². The fraction of sp³-hybridized carbons (Fsp3) is 0.273. The maximum atomic E-state index is 11.2. The average Bonchev–Trinajstić information content (AvgIpc) is 2.23. The number of carboxylic acids is 1. The Morgan fingerprint density at radius 3 is 2.60 bits per heavy atom. The number of carboxylic acid groups (broad SMARTS) is 1. The van der Waals surface area contributed by atoms with Gasteiger partial charge in [0.15, 0.2) is 0 Å². The van der Waals surface area contributed by atoms with Crippen LogP contribution in [-0.2, 0) is 16.1 Å². The molecule has 0 radical (unpaired) electrons. The topological polar surface area (TPSA) is 57.6 Å². The van der Waals surface area contributed by atoms with Gasteiger partial charge in [-0.05, 0) is 5.56 Å². The second kappa shape index (κ2) is 3.73. The molecule has 4 nitrogen and oxygen atoms in total. The molecule has 1 heterocycles. The van der Waals surface area contributed by atoms with E-state index in [9.17, 15) is 9.59 Å². The highest BCUT2D eigenvalue weighted by Crippen LogP contribution is 2.22. The normalized spacial score (nSPS) is 19.9. The first-order valence-corrected chi connectivity index (χ1v) is 4.74. The highest BCUT2D eigenvalue weighted by Gasteiger charge is 2.40. The highest BCUT2D eigenvalue weighted by atomic mass is 16.4. The second-order valence-corrected chi connectivity index (χ2v) is 3.57. The van der Waals surface area contributed by atoms with Crippen LogP contribution in [-0.4, -0.2) is 27.9 Å². The average molecular weight is 205 g/mol. The van der Waals surface area contributed by atoms with Gasteiger partial charge < -0.3 is 10.0 Å². The summed E-state index contributed by atoms with van der Waals surface area (Å²) in [6.45, 7) is 0.386. The van der Waals surface area contributed by atoms with Crippen LogP contribution in [0.2, 0.25) is 0 Å². The number of benzene rings is 1. The Labute approximate surface area is 87.1 Å². The van der Waals surface area contributed by atoms with Gasteiger partial charge in [-0.1, -0.05) is 30.3 Å². The lowest BCUT2D eigenvalue weighted by atomic mass is 10.0. The number of nitrogens with zero attached hydrogens (tertiary/aromatic N) is 1. The van der Waals surface area contributed by atoms with Crippen molar-refractivity contribution >= 4 is 11.9 Å². The van der Waals surface area contributed by atoms with E-state index in [-0.39, 0.29) is 12.3 Å². The minimum absolute atomic E-state index is 0.0914. The molecule has 0 saturated carbocycles. The summed E-state index contributed by atoms with van der Waals surface area (Å²) in [5.41, 5.74) is 0.955. The maximum Gasteiger partial charge on any atom is 0.326 e. The molecule has 4 heteroatoms. The van der Waals surface area contributed by atoms with Gasteiger partial charge in [-0.2, -0.15) is 0 Å². The van der Waals surface area contributed by atoms with Gasteiger partial charge in [0.05, 0.1) is 6.42 Å². The van der Waals surface area contributed by atoms with Gasteiger partial charge in [0, 0.05) is 6.54 Å². The number of β-lactam (4-membered cyclic amide) rings is 1. The lowest BCUT2D eigenvalue weighted by Gasteiger charge is -2.37. The van der Waals surface area contributed by atoms with E-state index in [4.69, 9.17) is 5.11 Å². The van der Waals surface area contributed by atoms with Crippen molar-refractivity contribution in [2.45, 2.75) is 19.0 Å². The molecular weight excluding hydrogens is 194 g/mol. The number of hydrogen-bond acceptors (Lipinski definition) is 2. The largest absolute Gasteiger partial charge is 0.480 e. The summed E-state index contributed by atoms with van der Waals surface area (Å²) in [6, 6.07) is 8.74. The quantitative estimate of drug-likeness (QED) is 0.745. The maximum absolute atomic E-state index is 11.2. The second-order valence-electron chi connectivity index (χ2n) is 3.57. The number of rotatable bonds is 3. The molecular formula is C11H11NO3. The van der Waals surface area contributed by atoms with E-state index in [0.717, 1.165) is 5.56 Å². The molecule has 1 aromatic carbocycles. The summed E-state index contributed by atoms with van der Waals surface area (Å²) < 4.78 is 0. The molecule has 1 aliphatic heterocycles. The Balaban J connectivity index is 2.06. The summed E-state index contributed by atoms with van der Waals surface area (Å²) in [4.78, 5) is 23.3. The molecule has 15 heavy (non-hydrogen) atoms. The molecule has 1 amide bonds. The number of carbonyl (C=O) groups is 2. The van der Waals surface area contributed by atoms with Gasteiger partial charge in [0.1, 0.15) is 6.04 Å². The fourth-order valence-electron chi connectivity index (χ4n) is 1.65. The Hall–Kier alpha value is -1.84. The molecule has 0 aromatic heterocycles. The number of hydrogen-bond donors (Lipinski definition) is 1. The van der Waals surface area contributed by atoms with Crippen molar-refractivity contribution in [2.24, 2.45) is 0 Å². The Morgan fingerprint density at radius 1 is 1.40 bits per heavy atom. The van der Waals surface area contributed by atoms with Gasteiger partial charge in [0.2, 0.25) is 5.91 Å². The van der Waals surface area contributed by atoms with Crippen molar-refractivity contribution in [3.8, 4) is 0 Å². The Bertz CT molecular complexity index is 388. The number of carbonyl (C=O) groups excluding carboxylic acids is 1. The van der Waals surface area contributed by atoms with Crippen molar-refractivity contribution in [3.63, 3.8) is 0 Å². The van der Waals surface area contributed by atoms with E-state index in [1.165, 1.54) is 4.90 Å². The zero-order chi connectivity index (χ0) is 10.8. The van der Waals surface area contributed by atoms with Crippen molar-refractivity contribution in [3.05, 3.63) is 35.9 Å². The molecule has 1 saturated heterocycles. The third-order valence-corrected chi connectivity index (χ3v) is 2.55. The lowest BCUT2D eigenvalue weighted by molar-refractivity contribution is -0.162. The van der Waals surface area contributed by atoms with E-state index >= 15 is 0 Å². The lowest BCUT2D eigenvalue weighted by Crippen LogP contribution is -2.55. The third kappa shape index (κ3) is 1.83. The van der Waals surface area contributed by atoms with Crippen molar-refractivity contribution in [1.82, 2.24) is 4.90 Å². The van der Waals surface area contributed by atoms with Crippen LogP contribution in [0, 0.1) is 0 Å². The van der Waals surface area contributed by atoms with Crippen molar-refractivity contribution in [1.29, 1.82) is 0 Å². The smallest absolute Gasteiger partial charge is 0.326 e. The number of amides is 1. The summed E-state index contributed by atoms with van der Waals surface area (Å²) in [5, 5.41) is 8.81. The van der Waals surface area contributed by atoms with Crippen LogP contribution in [0.5, 0.6) is 0 Å². The van der Waals surface area contributed by atoms with E-state index in [1.54, 1.807) is 0 Å². The van der Waals surface area contributed by atoms with Gasteiger partial charge >= 0.3 is 5.97 Å². The minimum atomic E-state index is -0.925. The first kappa shape index (κ1) is 9.71. The van der Waals surface area contributed by atoms with Crippen LogP contribution in [0.4, 0.5) is 0 Å². The van der Waals surface area contributed by atoms with Crippen molar-refractivity contribution < 1.29 is 14.7 Å². The van der Waals surface area contributed by atoms with E-state index < -0.39 is 12.0 Å². The van der Waals surface area contributed by atoms with Crippen LogP contribution >= 0.6 is 0 Å². The standard InChI is InChI=1S/C11H11NO3/c13-10-6-9(11(14)15)12(10)7-8-4-2-1-3-5-8/h1-5,9H,6-7H2,(H,14,15)/t9-/m0/s1. The molecule has 0 aliphatic carbocycles. The molecule has 2 rings (SSSR count). The first-order chi connectivity index (χ1) is 7.18. The minimum Gasteiger partial charge on any atom is -0.480 e. The summed E-state index contributed by atoms with van der Waals surface area (Å²) in [6.07, 6.45) is 0.127. The van der Waals surface area contributed by atoms with Crippen molar-refractivity contribution in [2.75, 3.05) is 0 Å². The van der Waals surface area contributed by atoms with Crippen LogP contribution in [0.15, 0.2) is 30.3 Å². The predicted octanol–water partition coefficient (Wildman–Crippen LogP) is 0.872. The Morgan fingerprint density at radius 2 is 2.07 bits per heavy atom. The van der Waals surface area contributed by atoms with E-state index in [0.29, 0.717) is 6.54 Å². The molecule has 78 valence electrons. The van der Waals surface area contributed by atoms with Gasteiger partial charge in [-0.3, -0.25) is 4.79 Å². The first-order valence-electron chi connectivity index (χ1n) is 4.74. The van der Waals surface area contributed by atoms with E-state index in [2.05, 4.69) is 0 Å². The number of aliphatic carboxylic acids is 1. The summed E-state index contributed by atoms with van der Waals surface area (Å²) >= 11 is 0. The predicted molar refractivity (Wildman–Crippen MR) is 53.0 cm³/mol. The molecule has 1 aliphatic rings. The van der Waals surface area contributed by atoms with Crippen LogP contribution < -0.4 is 0 Å². The fourth-order valence-corrected chi connectivity index (χ4v) is 1.65. The SMILES string of the molecule is O=C(O)[C@@H]1CC(=O)N1Cc1ccccc1. The Kier molecular flexibility index (Phi) is 2.41. The van der Waals surface area contributed by atoms with Crippen LogP contribution in [0.1, 0.15) is 12.0 Å².